The SMILES string of the molecule is O=C(CCC1(N2CCCCC2)CCCCC1)c1cn(-c2ncccn2)c2cccc(Cl)c12. The maximum absolute atomic E-state index is 13.6. The Morgan fingerprint density at radius 3 is 2.44 bits per heavy atom. The number of hydrogen-bond acceptors (Lipinski definition) is 4. The fraction of sp³-hybridized carbons (Fsp3) is 0.500. The average molecular weight is 451 g/mol. The van der Waals surface area contributed by atoms with Crippen LogP contribution in [0.5, 0.6) is 0 Å². The topological polar surface area (TPSA) is 51.0 Å². The second-order valence-electron chi connectivity index (χ2n) is 9.35. The quantitative estimate of drug-likeness (QED) is 0.418. The average Bonchev–Trinajstić information content (AvgIpc) is 3.25. The monoisotopic (exact) mass is 450 g/mol. The molecule has 1 saturated carbocycles. The van der Waals surface area contributed by atoms with Crippen LogP contribution in [0.3, 0.4) is 0 Å². The molecule has 1 saturated heterocycles. The van der Waals surface area contributed by atoms with Crippen molar-refractivity contribution >= 4 is 28.3 Å². The minimum Gasteiger partial charge on any atom is -0.298 e. The van der Waals surface area contributed by atoms with Gasteiger partial charge in [-0.1, -0.05) is 43.4 Å². The molecule has 0 unspecified atom stereocenters. The standard InChI is InChI=1S/C26H31ClN4O/c27-21-9-7-10-22-24(21)20(19-31(22)25-28-15-8-16-29-25)23(32)11-14-26(12-3-1-4-13-26)30-17-5-2-6-18-30/h7-10,15-16,19H,1-6,11-14,17-18H2. The van der Waals surface area contributed by atoms with Crippen LogP contribution in [-0.4, -0.2) is 43.8 Å². The van der Waals surface area contributed by atoms with Crippen molar-refractivity contribution in [1.29, 1.82) is 0 Å². The zero-order valence-corrected chi connectivity index (χ0v) is 19.4. The zero-order valence-electron chi connectivity index (χ0n) is 18.6. The number of benzene rings is 1. The van der Waals surface area contributed by atoms with Gasteiger partial charge < -0.3 is 0 Å². The number of rotatable bonds is 6. The molecule has 0 amide bonds. The normalized spacial score (nSPS) is 19.3. The Balaban J connectivity index is 1.44. The summed E-state index contributed by atoms with van der Waals surface area (Å²) in [6.45, 7) is 2.37. The fourth-order valence-corrected chi connectivity index (χ4v) is 6.09. The molecule has 5 nitrogen and oxygen atoms in total. The van der Waals surface area contributed by atoms with Crippen LogP contribution in [0.4, 0.5) is 0 Å². The van der Waals surface area contributed by atoms with E-state index in [1.54, 1.807) is 18.5 Å². The van der Waals surface area contributed by atoms with Gasteiger partial charge in [0.1, 0.15) is 0 Å². The molecule has 32 heavy (non-hydrogen) atoms. The Morgan fingerprint density at radius 1 is 0.969 bits per heavy atom. The predicted octanol–water partition coefficient (Wildman–Crippen LogP) is 6.23. The molecule has 0 spiro atoms. The molecule has 5 rings (SSSR count). The lowest BCUT2D eigenvalue weighted by Gasteiger charge is -2.48. The molecule has 0 radical (unpaired) electrons. The molecule has 168 valence electrons. The molecule has 0 atom stereocenters. The summed E-state index contributed by atoms with van der Waals surface area (Å²) in [6.07, 6.45) is 17.0. The van der Waals surface area contributed by atoms with Crippen molar-refractivity contribution in [2.24, 2.45) is 0 Å². The first-order valence-electron chi connectivity index (χ1n) is 12.0. The van der Waals surface area contributed by atoms with Gasteiger partial charge in [-0.25, -0.2) is 9.97 Å². The first kappa shape index (κ1) is 21.6. The van der Waals surface area contributed by atoms with E-state index in [-0.39, 0.29) is 11.3 Å². The molecular weight excluding hydrogens is 420 g/mol. The molecule has 2 aliphatic rings. The highest BCUT2D eigenvalue weighted by Gasteiger charge is 2.38. The molecule has 3 aromatic rings. The second kappa shape index (κ2) is 9.32. The number of piperidine rings is 1. The third kappa shape index (κ3) is 4.08. The number of carbonyl (C=O) groups excluding carboxylic acids is 1. The molecule has 1 aliphatic heterocycles. The van der Waals surface area contributed by atoms with Crippen molar-refractivity contribution in [3.8, 4) is 5.95 Å². The van der Waals surface area contributed by atoms with Crippen molar-refractivity contribution < 1.29 is 4.79 Å². The fourth-order valence-electron chi connectivity index (χ4n) is 5.82. The Hall–Kier alpha value is -2.24. The van der Waals surface area contributed by atoms with Gasteiger partial charge in [-0.2, -0.15) is 0 Å². The Labute approximate surface area is 194 Å². The molecule has 2 fully saturated rings. The van der Waals surface area contributed by atoms with Crippen LogP contribution >= 0.6 is 11.6 Å². The van der Waals surface area contributed by atoms with Crippen molar-refractivity contribution in [3.05, 3.63) is 53.4 Å². The lowest BCUT2D eigenvalue weighted by molar-refractivity contribution is 0.0249. The molecule has 3 heterocycles. The summed E-state index contributed by atoms with van der Waals surface area (Å²) in [6, 6.07) is 7.53. The summed E-state index contributed by atoms with van der Waals surface area (Å²) in [5, 5.41) is 1.41. The Bertz CT molecular complexity index is 1080. The molecule has 1 aliphatic carbocycles. The number of likely N-dealkylation sites (tertiary alicyclic amines) is 1. The van der Waals surface area contributed by atoms with Crippen molar-refractivity contribution in [2.75, 3.05) is 13.1 Å². The van der Waals surface area contributed by atoms with Crippen molar-refractivity contribution in [3.63, 3.8) is 0 Å². The number of halogens is 1. The van der Waals surface area contributed by atoms with E-state index in [1.807, 2.05) is 29.0 Å². The number of fused-ring (bicyclic) bond motifs is 1. The third-order valence-electron chi connectivity index (χ3n) is 7.48. The minimum absolute atomic E-state index is 0.166. The number of aromatic nitrogens is 3. The first-order valence-corrected chi connectivity index (χ1v) is 12.4. The lowest BCUT2D eigenvalue weighted by atomic mass is 9.75. The largest absolute Gasteiger partial charge is 0.298 e. The third-order valence-corrected chi connectivity index (χ3v) is 7.79. The predicted molar refractivity (Wildman–Crippen MR) is 129 cm³/mol. The van der Waals surface area contributed by atoms with Crippen LogP contribution in [0.1, 0.15) is 74.6 Å². The summed E-state index contributed by atoms with van der Waals surface area (Å²) < 4.78 is 1.88. The van der Waals surface area contributed by atoms with Crippen LogP contribution in [0.15, 0.2) is 42.9 Å². The van der Waals surface area contributed by atoms with E-state index in [2.05, 4.69) is 14.9 Å². The van der Waals surface area contributed by atoms with E-state index in [0.29, 0.717) is 23.0 Å². The summed E-state index contributed by atoms with van der Waals surface area (Å²) in [5.74, 6) is 0.718. The van der Waals surface area contributed by atoms with Gasteiger partial charge in [-0.05, 0) is 63.4 Å². The van der Waals surface area contributed by atoms with Crippen LogP contribution in [0.25, 0.3) is 16.9 Å². The number of Topliss-reactive ketones (excluding diaryl/α,β-unsaturated/α-hetero) is 1. The Kier molecular flexibility index (Phi) is 6.29. The first-order chi connectivity index (χ1) is 15.7. The van der Waals surface area contributed by atoms with Crippen LogP contribution in [0.2, 0.25) is 5.02 Å². The van der Waals surface area contributed by atoms with Crippen LogP contribution in [-0.2, 0) is 0 Å². The van der Waals surface area contributed by atoms with Crippen LogP contribution < -0.4 is 0 Å². The summed E-state index contributed by atoms with van der Waals surface area (Å²) in [5.41, 5.74) is 1.75. The van der Waals surface area contributed by atoms with Gasteiger partial charge in [-0.3, -0.25) is 14.3 Å². The Morgan fingerprint density at radius 2 is 1.69 bits per heavy atom. The zero-order chi connectivity index (χ0) is 22.0. The van der Waals surface area contributed by atoms with Gasteiger partial charge in [-0.15, -0.1) is 0 Å². The maximum atomic E-state index is 13.6. The van der Waals surface area contributed by atoms with Gasteiger partial charge >= 0.3 is 0 Å². The van der Waals surface area contributed by atoms with E-state index in [9.17, 15) is 4.79 Å². The van der Waals surface area contributed by atoms with E-state index in [4.69, 9.17) is 11.6 Å². The molecular formula is C26H31ClN4O. The molecule has 1 aromatic carbocycles. The van der Waals surface area contributed by atoms with Gasteiger partial charge in [0.2, 0.25) is 5.95 Å². The smallest absolute Gasteiger partial charge is 0.234 e. The molecule has 0 bridgehead atoms. The van der Waals surface area contributed by atoms with E-state index in [1.165, 1.54) is 64.5 Å². The molecule has 6 heteroatoms. The second-order valence-corrected chi connectivity index (χ2v) is 9.76. The van der Waals surface area contributed by atoms with Gasteiger partial charge in [0, 0.05) is 41.5 Å². The van der Waals surface area contributed by atoms with Gasteiger partial charge in [0.25, 0.3) is 0 Å². The highest BCUT2D eigenvalue weighted by atomic mass is 35.5. The minimum atomic E-state index is 0.166. The highest BCUT2D eigenvalue weighted by molar-refractivity contribution is 6.37. The van der Waals surface area contributed by atoms with E-state index < -0.39 is 0 Å². The van der Waals surface area contributed by atoms with E-state index >= 15 is 0 Å². The van der Waals surface area contributed by atoms with Crippen molar-refractivity contribution in [2.45, 2.75) is 69.7 Å². The summed E-state index contributed by atoms with van der Waals surface area (Å²) in [7, 11) is 0. The number of carbonyl (C=O) groups is 1. The van der Waals surface area contributed by atoms with Gasteiger partial charge in [0.05, 0.1) is 10.5 Å². The molecule has 0 N–H and O–H groups in total. The van der Waals surface area contributed by atoms with Crippen LogP contribution in [0, 0.1) is 0 Å². The van der Waals surface area contributed by atoms with E-state index in [0.717, 1.165) is 17.3 Å². The highest BCUT2D eigenvalue weighted by Crippen LogP contribution is 2.40. The van der Waals surface area contributed by atoms with Gasteiger partial charge in [0.15, 0.2) is 5.78 Å². The van der Waals surface area contributed by atoms with Crippen molar-refractivity contribution in [1.82, 2.24) is 19.4 Å². The summed E-state index contributed by atoms with van der Waals surface area (Å²) in [4.78, 5) is 25.1. The molecule has 2 aromatic heterocycles. The maximum Gasteiger partial charge on any atom is 0.234 e. The number of hydrogen-bond donors (Lipinski definition) is 0. The number of ketones is 1. The lowest BCUT2D eigenvalue weighted by Crippen LogP contribution is -2.52. The summed E-state index contributed by atoms with van der Waals surface area (Å²) >= 11 is 6.59. The number of nitrogens with zero attached hydrogens (tertiary/aromatic N) is 4.